The summed E-state index contributed by atoms with van der Waals surface area (Å²) in [7, 11) is 1.35. The molecule has 72 valence electrons. The molecule has 2 aromatic rings. The monoisotopic (exact) mass is 190 g/mol. The fourth-order valence-corrected chi connectivity index (χ4v) is 1.42. The van der Waals surface area contributed by atoms with Crippen molar-refractivity contribution in [3.8, 4) is 0 Å². The maximum Gasteiger partial charge on any atom is 0.418 e. The van der Waals surface area contributed by atoms with Gasteiger partial charge < -0.3 is 10.5 Å². The second-order valence-corrected chi connectivity index (χ2v) is 2.97. The highest BCUT2D eigenvalue weighted by atomic mass is 16.5. The number of nitrogens with zero attached hydrogens (tertiary/aromatic N) is 1. The van der Waals surface area contributed by atoms with Crippen molar-refractivity contribution in [2.75, 3.05) is 12.8 Å². The Morgan fingerprint density at radius 2 is 2.21 bits per heavy atom. The van der Waals surface area contributed by atoms with E-state index in [4.69, 9.17) is 5.73 Å². The van der Waals surface area contributed by atoms with Gasteiger partial charge >= 0.3 is 6.09 Å². The summed E-state index contributed by atoms with van der Waals surface area (Å²) in [6.07, 6.45) is 1.26. The van der Waals surface area contributed by atoms with Gasteiger partial charge in [-0.25, -0.2) is 4.79 Å². The van der Waals surface area contributed by atoms with Crippen LogP contribution in [0.15, 0.2) is 30.5 Å². The highest BCUT2D eigenvalue weighted by Gasteiger charge is 2.07. The Labute approximate surface area is 80.9 Å². The zero-order valence-corrected chi connectivity index (χ0v) is 7.73. The quantitative estimate of drug-likeness (QED) is 0.645. The van der Waals surface area contributed by atoms with Crippen molar-refractivity contribution in [2.24, 2.45) is 0 Å². The Balaban J connectivity index is 2.64. The molecule has 1 aromatic heterocycles. The van der Waals surface area contributed by atoms with Gasteiger partial charge in [-0.3, -0.25) is 4.57 Å². The molecule has 0 amide bonds. The van der Waals surface area contributed by atoms with Gasteiger partial charge in [-0.2, -0.15) is 0 Å². The van der Waals surface area contributed by atoms with E-state index in [1.165, 1.54) is 11.7 Å². The Kier molecular flexibility index (Phi) is 1.89. The number of benzene rings is 1. The third kappa shape index (κ3) is 1.21. The van der Waals surface area contributed by atoms with Crippen LogP contribution in [-0.2, 0) is 4.74 Å². The van der Waals surface area contributed by atoms with Gasteiger partial charge in [0.05, 0.1) is 12.6 Å². The summed E-state index contributed by atoms with van der Waals surface area (Å²) in [6.45, 7) is 0. The first-order chi connectivity index (χ1) is 6.72. The van der Waals surface area contributed by atoms with E-state index < -0.39 is 6.09 Å². The molecule has 0 saturated heterocycles. The van der Waals surface area contributed by atoms with Crippen molar-refractivity contribution in [2.45, 2.75) is 0 Å². The predicted molar refractivity (Wildman–Crippen MR) is 54.2 cm³/mol. The summed E-state index contributed by atoms with van der Waals surface area (Å²) in [5, 5.41) is 0.926. The minimum atomic E-state index is -0.398. The lowest BCUT2D eigenvalue weighted by molar-refractivity contribution is 0.174. The lowest BCUT2D eigenvalue weighted by Crippen LogP contribution is -2.09. The Morgan fingerprint density at radius 1 is 1.43 bits per heavy atom. The number of methoxy groups -OCH3 is 1. The molecule has 0 unspecified atom stereocenters. The third-order valence-electron chi connectivity index (χ3n) is 2.09. The number of ether oxygens (including phenoxy) is 1. The lowest BCUT2D eigenvalue weighted by Gasteiger charge is -2.01. The van der Waals surface area contributed by atoms with Gasteiger partial charge in [-0.05, 0) is 24.3 Å². The van der Waals surface area contributed by atoms with Crippen molar-refractivity contribution >= 4 is 22.7 Å². The molecule has 0 aliphatic heterocycles. The minimum absolute atomic E-state index is 0.398. The van der Waals surface area contributed by atoms with Crippen LogP contribution in [0.2, 0.25) is 0 Å². The number of nitrogen functional groups attached to an aromatic ring is 1. The molecule has 1 heterocycles. The Hall–Kier alpha value is -1.97. The summed E-state index contributed by atoms with van der Waals surface area (Å²) >= 11 is 0. The number of hydrogen-bond donors (Lipinski definition) is 1. The summed E-state index contributed by atoms with van der Waals surface area (Å²) < 4.78 is 6.06. The van der Waals surface area contributed by atoms with E-state index in [1.807, 2.05) is 12.1 Å². The molecule has 4 heteroatoms. The molecule has 2 rings (SSSR count). The van der Waals surface area contributed by atoms with Gasteiger partial charge in [0.1, 0.15) is 0 Å². The van der Waals surface area contributed by atoms with Crippen molar-refractivity contribution in [1.29, 1.82) is 0 Å². The van der Waals surface area contributed by atoms with Gasteiger partial charge in [-0.15, -0.1) is 0 Å². The average Bonchev–Trinajstić information content (AvgIpc) is 2.59. The van der Waals surface area contributed by atoms with Crippen molar-refractivity contribution in [3.05, 3.63) is 30.5 Å². The number of nitrogens with two attached hydrogens (primary N) is 1. The van der Waals surface area contributed by atoms with Crippen molar-refractivity contribution < 1.29 is 9.53 Å². The van der Waals surface area contributed by atoms with Crippen molar-refractivity contribution in [3.63, 3.8) is 0 Å². The number of carbonyl (C=O) groups excluding carboxylic acids is 1. The number of fused-ring (bicyclic) bond motifs is 1. The van der Waals surface area contributed by atoms with Gasteiger partial charge in [0.15, 0.2) is 0 Å². The second-order valence-electron chi connectivity index (χ2n) is 2.97. The van der Waals surface area contributed by atoms with Gasteiger partial charge in [0.25, 0.3) is 0 Å². The van der Waals surface area contributed by atoms with Crippen LogP contribution in [-0.4, -0.2) is 17.8 Å². The summed E-state index contributed by atoms with van der Waals surface area (Å²) in [5.41, 5.74) is 7.09. The van der Waals surface area contributed by atoms with E-state index in [9.17, 15) is 4.79 Å². The molecule has 14 heavy (non-hydrogen) atoms. The van der Waals surface area contributed by atoms with Crippen LogP contribution in [0, 0.1) is 0 Å². The molecule has 4 nitrogen and oxygen atoms in total. The van der Waals surface area contributed by atoms with Crippen molar-refractivity contribution in [1.82, 2.24) is 4.57 Å². The summed E-state index contributed by atoms with van der Waals surface area (Å²) in [4.78, 5) is 11.3. The molecular weight excluding hydrogens is 180 g/mol. The van der Waals surface area contributed by atoms with E-state index in [2.05, 4.69) is 4.74 Å². The minimum Gasteiger partial charge on any atom is -0.452 e. The fraction of sp³-hybridized carbons (Fsp3) is 0.100. The fourth-order valence-electron chi connectivity index (χ4n) is 1.42. The Bertz CT molecular complexity index is 488. The first kappa shape index (κ1) is 8.62. The standard InChI is InChI=1S/C10H10N2O2/c1-14-10(13)12-5-4-7-6-8(11)2-3-9(7)12/h2-6H,11H2,1H3. The van der Waals surface area contributed by atoms with Crippen LogP contribution in [0.5, 0.6) is 0 Å². The Morgan fingerprint density at radius 3 is 2.93 bits per heavy atom. The molecule has 1 aromatic carbocycles. The van der Waals surface area contributed by atoms with E-state index in [0.717, 1.165) is 10.9 Å². The normalized spacial score (nSPS) is 10.4. The number of anilines is 1. The highest BCUT2D eigenvalue weighted by Crippen LogP contribution is 2.18. The SMILES string of the molecule is COC(=O)n1ccc2cc(N)ccc21. The summed E-state index contributed by atoms with van der Waals surface area (Å²) in [5.74, 6) is 0. The predicted octanol–water partition coefficient (Wildman–Crippen LogP) is 1.84. The third-order valence-corrected chi connectivity index (χ3v) is 2.09. The van der Waals surface area contributed by atoms with Gasteiger partial charge in [0, 0.05) is 17.3 Å². The van der Waals surface area contributed by atoms with E-state index in [1.54, 1.807) is 18.3 Å². The smallest absolute Gasteiger partial charge is 0.418 e. The van der Waals surface area contributed by atoms with Crippen LogP contribution < -0.4 is 5.73 Å². The molecule has 0 bridgehead atoms. The van der Waals surface area contributed by atoms with Crippen LogP contribution in [0.25, 0.3) is 10.9 Å². The van der Waals surface area contributed by atoms with Gasteiger partial charge in [-0.1, -0.05) is 0 Å². The highest BCUT2D eigenvalue weighted by molar-refractivity contribution is 5.90. The second kappa shape index (κ2) is 3.06. The van der Waals surface area contributed by atoms with E-state index in [0.29, 0.717) is 5.69 Å². The molecule has 2 N–H and O–H groups in total. The van der Waals surface area contributed by atoms with Crippen LogP contribution in [0.4, 0.5) is 10.5 Å². The van der Waals surface area contributed by atoms with E-state index in [-0.39, 0.29) is 0 Å². The molecule has 0 fully saturated rings. The average molecular weight is 190 g/mol. The zero-order valence-electron chi connectivity index (χ0n) is 7.73. The number of aromatic nitrogens is 1. The molecule has 0 atom stereocenters. The first-order valence-electron chi connectivity index (χ1n) is 4.17. The molecular formula is C10H10N2O2. The van der Waals surface area contributed by atoms with Crippen LogP contribution in [0.1, 0.15) is 0 Å². The number of hydrogen-bond acceptors (Lipinski definition) is 3. The summed E-state index contributed by atoms with van der Waals surface area (Å²) in [6, 6.07) is 7.18. The van der Waals surface area contributed by atoms with E-state index >= 15 is 0 Å². The first-order valence-corrected chi connectivity index (χ1v) is 4.17. The van der Waals surface area contributed by atoms with Crippen LogP contribution in [0.3, 0.4) is 0 Å². The molecule has 0 radical (unpaired) electrons. The largest absolute Gasteiger partial charge is 0.452 e. The topological polar surface area (TPSA) is 57.2 Å². The molecule has 0 spiro atoms. The molecule has 0 aliphatic carbocycles. The maximum atomic E-state index is 11.3. The van der Waals surface area contributed by atoms with Crippen LogP contribution >= 0.6 is 0 Å². The molecule has 0 saturated carbocycles. The number of rotatable bonds is 0. The van der Waals surface area contributed by atoms with Gasteiger partial charge in [0.2, 0.25) is 0 Å². The lowest BCUT2D eigenvalue weighted by atomic mass is 10.2. The number of carbonyl (C=O) groups is 1. The zero-order chi connectivity index (χ0) is 10.1. The molecule has 0 aliphatic rings. The maximum absolute atomic E-state index is 11.3.